The third-order valence-electron chi connectivity index (χ3n) is 4.40. The maximum Gasteiger partial charge on any atom is 0.422 e. The highest BCUT2D eigenvalue weighted by atomic mass is 19.4. The van der Waals surface area contributed by atoms with Gasteiger partial charge in [-0.05, 0) is 31.9 Å². The second kappa shape index (κ2) is 8.05. The van der Waals surface area contributed by atoms with Crippen LogP contribution >= 0.6 is 0 Å². The smallest absolute Gasteiger partial charge is 0.294 e. The summed E-state index contributed by atoms with van der Waals surface area (Å²) in [6.45, 7) is 11.2. The van der Waals surface area contributed by atoms with Gasteiger partial charge in [-0.3, -0.25) is 14.7 Å². The van der Waals surface area contributed by atoms with E-state index in [1.54, 1.807) is 0 Å². The van der Waals surface area contributed by atoms with Crippen LogP contribution in [-0.4, -0.2) is 15.6 Å². The molecule has 0 saturated heterocycles. The molecule has 1 heterocycles. The third-order valence-corrected chi connectivity index (χ3v) is 4.40. The zero-order valence-corrected chi connectivity index (χ0v) is 16.4. The maximum absolute atomic E-state index is 14.3. The normalized spacial score (nSPS) is 12.6. The number of aryl methyl sites for hydroxylation is 1. The molecule has 1 aromatic heterocycles. The van der Waals surface area contributed by atoms with E-state index in [1.807, 2.05) is 0 Å². The molecule has 4 nitrogen and oxygen atoms in total. The van der Waals surface area contributed by atoms with E-state index in [0.717, 1.165) is 6.92 Å². The standard InChI is InChI=1S/C20H15F7N2O2/c1-6-8(4)10(7(2)3)18(30)11-9(5)28-29(19(11)31)17-15(23)13(21)12(20(25,26)27)14(22)16(17)24/h6,28H,1-2H2,3-5H3/b10-8+. The van der Waals surface area contributed by atoms with Crippen molar-refractivity contribution >= 4 is 5.78 Å². The van der Waals surface area contributed by atoms with Crippen LogP contribution in [-0.2, 0) is 6.18 Å². The Kier molecular flexibility index (Phi) is 6.20. The number of aromatic amines is 1. The van der Waals surface area contributed by atoms with E-state index in [4.69, 9.17) is 0 Å². The van der Waals surface area contributed by atoms with Gasteiger partial charge in [-0.2, -0.15) is 13.2 Å². The van der Waals surface area contributed by atoms with Crippen LogP contribution in [0.25, 0.3) is 5.69 Å². The number of Topliss-reactive ketones (excluding diaryl/α,β-unsaturated/α-hetero) is 1. The molecular formula is C20H15F7N2O2. The van der Waals surface area contributed by atoms with Crippen LogP contribution in [0.1, 0.15) is 35.5 Å². The molecule has 0 aliphatic carbocycles. The molecule has 11 heteroatoms. The average molecular weight is 448 g/mol. The highest BCUT2D eigenvalue weighted by Crippen LogP contribution is 2.37. The summed E-state index contributed by atoms with van der Waals surface area (Å²) in [6.07, 6.45) is -4.45. The third kappa shape index (κ3) is 3.87. The van der Waals surface area contributed by atoms with E-state index in [1.165, 1.54) is 19.9 Å². The van der Waals surface area contributed by atoms with Gasteiger partial charge in [0.2, 0.25) is 5.78 Å². The van der Waals surface area contributed by atoms with Crippen molar-refractivity contribution in [2.24, 2.45) is 0 Å². The van der Waals surface area contributed by atoms with Crippen LogP contribution in [0.4, 0.5) is 30.7 Å². The van der Waals surface area contributed by atoms with E-state index in [0.29, 0.717) is 5.57 Å². The molecule has 0 bridgehead atoms. The molecule has 0 atom stereocenters. The first-order valence-electron chi connectivity index (χ1n) is 8.45. The molecule has 0 unspecified atom stereocenters. The highest BCUT2D eigenvalue weighted by Gasteiger charge is 2.43. The molecule has 166 valence electrons. The van der Waals surface area contributed by atoms with Crippen LogP contribution in [0.5, 0.6) is 0 Å². The van der Waals surface area contributed by atoms with Gasteiger partial charge in [0.15, 0.2) is 23.3 Å². The molecule has 0 spiro atoms. The number of nitrogens with zero attached hydrogens (tertiary/aromatic N) is 1. The van der Waals surface area contributed by atoms with Crippen molar-refractivity contribution in [3.8, 4) is 5.69 Å². The number of ketones is 1. The summed E-state index contributed by atoms with van der Waals surface area (Å²) >= 11 is 0. The second-order valence-electron chi connectivity index (χ2n) is 6.60. The van der Waals surface area contributed by atoms with Crippen molar-refractivity contribution in [2.75, 3.05) is 0 Å². The van der Waals surface area contributed by atoms with E-state index in [-0.39, 0.29) is 21.5 Å². The van der Waals surface area contributed by atoms with Gasteiger partial charge in [0.25, 0.3) is 5.56 Å². The monoisotopic (exact) mass is 448 g/mol. The highest BCUT2D eigenvalue weighted by molar-refractivity contribution is 6.12. The molecule has 0 amide bonds. The Hall–Kier alpha value is -3.37. The minimum Gasteiger partial charge on any atom is -0.294 e. The Balaban J connectivity index is 2.88. The van der Waals surface area contributed by atoms with Gasteiger partial charge in [0.1, 0.15) is 16.8 Å². The summed E-state index contributed by atoms with van der Waals surface area (Å²) in [7, 11) is 0. The molecule has 2 rings (SSSR count). The van der Waals surface area contributed by atoms with Crippen molar-refractivity contribution in [1.82, 2.24) is 9.78 Å². The predicted molar refractivity (Wildman–Crippen MR) is 98.0 cm³/mol. The lowest BCUT2D eigenvalue weighted by molar-refractivity contribution is -0.143. The van der Waals surface area contributed by atoms with E-state index in [2.05, 4.69) is 18.3 Å². The predicted octanol–water partition coefficient (Wildman–Crippen LogP) is 5.31. The van der Waals surface area contributed by atoms with Crippen molar-refractivity contribution in [3.63, 3.8) is 0 Å². The summed E-state index contributed by atoms with van der Waals surface area (Å²) in [4.78, 5) is 25.6. The number of hydrogen-bond donors (Lipinski definition) is 1. The second-order valence-corrected chi connectivity index (χ2v) is 6.60. The van der Waals surface area contributed by atoms with E-state index in [9.17, 15) is 40.3 Å². The molecule has 0 aliphatic rings. The molecule has 0 radical (unpaired) electrons. The SMILES string of the molecule is C=C/C(C)=C(\C(=C)C)C(=O)c1c(C)[nH]n(-c2c(F)c(F)c(C(F)(F)F)c(F)c2F)c1=O. The molecule has 0 fully saturated rings. The zero-order valence-electron chi connectivity index (χ0n) is 16.4. The maximum atomic E-state index is 14.3. The Morgan fingerprint density at radius 1 is 1.03 bits per heavy atom. The molecule has 2 aromatic rings. The van der Waals surface area contributed by atoms with E-state index < -0.39 is 57.6 Å². The molecule has 1 N–H and O–H groups in total. The molecule has 0 aliphatic heterocycles. The first kappa shape index (κ1) is 23.9. The number of hydrogen-bond acceptors (Lipinski definition) is 2. The Morgan fingerprint density at radius 3 is 1.90 bits per heavy atom. The summed E-state index contributed by atoms with van der Waals surface area (Å²) in [6, 6.07) is 0. The van der Waals surface area contributed by atoms with Crippen LogP contribution in [0.15, 0.2) is 40.7 Å². The summed E-state index contributed by atoms with van der Waals surface area (Å²) in [5, 5.41) is 2.07. The van der Waals surface area contributed by atoms with Crippen molar-refractivity contribution in [1.29, 1.82) is 0 Å². The fourth-order valence-corrected chi connectivity index (χ4v) is 2.97. The number of rotatable bonds is 5. The lowest BCUT2D eigenvalue weighted by Gasteiger charge is -2.14. The van der Waals surface area contributed by atoms with Crippen molar-refractivity contribution in [3.05, 3.63) is 86.4 Å². The number of halogens is 7. The fourth-order valence-electron chi connectivity index (χ4n) is 2.97. The Bertz CT molecular complexity index is 1180. The summed E-state index contributed by atoms with van der Waals surface area (Å²) in [5.74, 6) is -11.3. The topological polar surface area (TPSA) is 54.9 Å². The van der Waals surface area contributed by atoms with Crippen LogP contribution in [0.3, 0.4) is 0 Å². The molecular weight excluding hydrogens is 433 g/mol. The molecule has 31 heavy (non-hydrogen) atoms. The van der Waals surface area contributed by atoms with Gasteiger partial charge in [-0.25, -0.2) is 22.2 Å². The quantitative estimate of drug-likeness (QED) is 0.222. The van der Waals surface area contributed by atoms with Gasteiger partial charge in [-0.15, -0.1) is 0 Å². The minimum atomic E-state index is -5.74. The largest absolute Gasteiger partial charge is 0.422 e. The number of carbonyl (C=O) groups excluding carboxylic acids is 1. The molecule has 1 aromatic carbocycles. The number of aromatic nitrogens is 2. The number of carbonyl (C=O) groups is 1. The lowest BCUT2D eigenvalue weighted by atomic mass is 9.94. The van der Waals surface area contributed by atoms with Crippen LogP contribution in [0, 0.1) is 30.2 Å². The number of nitrogens with one attached hydrogen (secondary N) is 1. The summed E-state index contributed by atoms with van der Waals surface area (Å²) in [5.41, 5.74) is -6.42. The number of H-pyrrole nitrogens is 1. The zero-order chi connectivity index (χ0) is 24.0. The first-order chi connectivity index (χ1) is 14.2. The lowest BCUT2D eigenvalue weighted by Crippen LogP contribution is -2.25. The van der Waals surface area contributed by atoms with Crippen LogP contribution in [0.2, 0.25) is 0 Å². The first-order valence-corrected chi connectivity index (χ1v) is 8.45. The summed E-state index contributed by atoms with van der Waals surface area (Å²) < 4.78 is 94.8. The van der Waals surface area contributed by atoms with Crippen molar-refractivity contribution in [2.45, 2.75) is 26.9 Å². The van der Waals surface area contributed by atoms with Crippen molar-refractivity contribution < 1.29 is 35.5 Å². The average Bonchev–Trinajstić information content (AvgIpc) is 2.93. The van der Waals surface area contributed by atoms with Gasteiger partial charge >= 0.3 is 6.18 Å². The van der Waals surface area contributed by atoms with Gasteiger partial charge < -0.3 is 0 Å². The van der Waals surface area contributed by atoms with Gasteiger partial charge in [0.05, 0.1) is 0 Å². The Labute approximate surface area is 171 Å². The number of benzene rings is 1. The number of allylic oxidation sites excluding steroid dienone is 4. The van der Waals surface area contributed by atoms with Crippen LogP contribution < -0.4 is 5.56 Å². The van der Waals surface area contributed by atoms with Gasteiger partial charge in [0, 0.05) is 11.3 Å². The van der Waals surface area contributed by atoms with Gasteiger partial charge in [-0.1, -0.05) is 19.2 Å². The Morgan fingerprint density at radius 2 is 1.52 bits per heavy atom. The molecule has 0 saturated carbocycles. The van der Waals surface area contributed by atoms with E-state index >= 15 is 0 Å². The minimum absolute atomic E-state index is 0.0490. The number of alkyl halides is 3. The fraction of sp³-hybridized carbons (Fsp3) is 0.200.